The summed E-state index contributed by atoms with van der Waals surface area (Å²) in [7, 11) is 0. The quantitative estimate of drug-likeness (QED) is 0.732. The van der Waals surface area contributed by atoms with Gasteiger partial charge in [0.25, 0.3) is 0 Å². The molecular weight excluding hydrogens is 188 g/mol. The summed E-state index contributed by atoms with van der Waals surface area (Å²) in [6.07, 6.45) is 1.74. The first-order valence-corrected chi connectivity index (χ1v) is 4.65. The topological polar surface area (TPSA) is 82.5 Å². The van der Waals surface area contributed by atoms with E-state index < -0.39 is 0 Å². The Balaban J connectivity index is 2.35. The van der Waals surface area contributed by atoms with Crippen molar-refractivity contribution < 1.29 is 0 Å². The van der Waals surface area contributed by atoms with Gasteiger partial charge in [-0.05, 0) is 10.4 Å². The van der Waals surface area contributed by atoms with E-state index in [0.717, 1.165) is 10.7 Å². The van der Waals surface area contributed by atoms with Crippen molar-refractivity contribution in [3.63, 3.8) is 0 Å². The van der Waals surface area contributed by atoms with Crippen molar-refractivity contribution in [2.75, 3.05) is 6.54 Å². The predicted molar refractivity (Wildman–Crippen MR) is 48.0 cm³/mol. The van der Waals surface area contributed by atoms with E-state index in [2.05, 4.69) is 20.5 Å². The molecule has 0 atom stereocenters. The number of aromatic nitrogens is 5. The van der Waals surface area contributed by atoms with Gasteiger partial charge in [0.05, 0.1) is 16.9 Å². The SMILES string of the molecule is NCCn1nnnc1-c1cncs1. The molecule has 2 rings (SSSR count). The lowest BCUT2D eigenvalue weighted by Gasteiger charge is -1.98. The van der Waals surface area contributed by atoms with Crippen molar-refractivity contribution in [1.29, 1.82) is 0 Å². The third-order valence-electron chi connectivity index (χ3n) is 1.53. The average molecular weight is 196 g/mol. The second-order valence-corrected chi connectivity index (χ2v) is 3.27. The van der Waals surface area contributed by atoms with Crippen molar-refractivity contribution >= 4 is 11.3 Å². The zero-order valence-corrected chi connectivity index (χ0v) is 7.61. The average Bonchev–Trinajstić information content (AvgIpc) is 2.71. The van der Waals surface area contributed by atoms with Gasteiger partial charge in [-0.2, -0.15) is 0 Å². The van der Waals surface area contributed by atoms with Gasteiger partial charge >= 0.3 is 0 Å². The number of nitrogens with zero attached hydrogens (tertiary/aromatic N) is 5. The van der Waals surface area contributed by atoms with Crippen LogP contribution in [0.1, 0.15) is 0 Å². The van der Waals surface area contributed by atoms with Crippen LogP contribution in [0, 0.1) is 0 Å². The molecule has 0 aliphatic heterocycles. The fraction of sp³-hybridized carbons (Fsp3) is 0.333. The Kier molecular flexibility index (Phi) is 2.28. The number of rotatable bonds is 3. The molecule has 0 spiro atoms. The van der Waals surface area contributed by atoms with Crippen molar-refractivity contribution in [3.05, 3.63) is 11.7 Å². The Labute approximate surface area is 78.4 Å². The molecule has 0 bridgehead atoms. The molecule has 68 valence electrons. The van der Waals surface area contributed by atoms with Crippen LogP contribution < -0.4 is 5.73 Å². The van der Waals surface area contributed by atoms with Gasteiger partial charge in [-0.15, -0.1) is 16.4 Å². The molecule has 0 fully saturated rings. The minimum absolute atomic E-state index is 0.525. The highest BCUT2D eigenvalue weighted by Gasteiger charge is 2.08. The van der Waals surface area contributed by atoms with E-state index in [1.165, 1.54) is 11.3 Å². The number of nitrogens with two attached hydrogens (primary N) is 1. The minimum Gasteiger partial charge on any atom is -0.329 e. The van der Waals surface area contributed by atoms with E-state index in [4.69, 9.17) is 5.73 Å². The minimum atomic E-state index is 0.525. The lowest BCUT2D eigenvalue weighted by atomic mass is 10.5. The monoisotopic (exact) mass is 196 g/mol. The molecule has 2 heterocycles. The van der Waals surface area contributed by atoms with E-state index in [1.54, 1.807) is 16.4 Å². The smallest absolute Gasteiger partial charge is 0.193 e. The molecule has 0 amide bonds. The number of tetrazole rings is 1. The molecule has 0 saturated carbocycles. The van der Waals surface area contributed by atoms with Gasteiger partial charge in [-0.1, -0.05) is 0 Å². The van der Waals surface area contributed by atoms with Crippen LogP contribution in [0.4, 0.5) is 0 Å². The van der Waals surface area contributed by atoms with Gasteiger partial charge < -0.3 is 5.73 Å². The lowest BCUT2D eigenvalue weighted by Crippen LogP contribution is -2.12. The predicted octanol–water partition coefficient (Wildman–Crippen LogP) is -0.245. The highest BCUT2D eigenvalue weighted by Crippen LogP contribution is 2.19. The van der Waals surface area contributed by atoms with Crippen molar-refractivity contribution in [1.82, 2.24) is 25.2 Å². The van der Waals surface area contributed by atoms with Gasteiger partial charge in [-0.25, -0.2) is 4.68 Å². The summed E-state index contributed by atoms with van der Waals surface area (Å²) in [6.45, 7) is 1.15. The number of hydrogen-bond donors (Lipinski definition) is 1. The summed E-state index contributed by atoms with van der Waals surface area (Å²) in [5.74, 6) is 0.730. The fourth-order valence-corrected chi connectivity index (χ4v) is 1.59. The summed E-state index contributed by atoms with van der Waals surface area (Å²) in [6, 6.07) is 0. The van der Waals surface area contributed by atoms with Crippen LogP contribution >= 0.6 is 11.3 Å². The summed E-state index contributed by atoms with van der Waals surface area (Å²) < 4.78 is 1.67. The van der Waals surface area contributed by atoms with E-state index in [9.17, 15) is 0 Å². The maximum Gasteiger partial charge on any atom is 0.193 e. The third kappa shape index (κ3) is 1.56. The Bertz CT molecular complexity index is 366. The van der Waals surface area contributed by atoms with Crippen LogP contribution in [-0.4, -0.2) is 31.7 Å². The highest BCUT2D eigenvalue weighted by atomic mass is 32.1. The molecule has 2 N–H and O–H groups in total. The van der Waals surface area contributed by atoms with Gasteiger partial charge in [0.15, 0.2) is 5.82 Å². The number of hydrogen-bond acceptors (Lipinski definition) is 6. The maximum atomic E-state index is 5.41. The van der Waals surface area contributed by atoms with Gasteiger partial charge in [0, 0.05) is 12.7 Å². The molecule has 0 aliphatic carbocycles. The largest absolute Gasteiger partial charge is 0.329 e. The van der Waals surface area contributed by atoms with Crippen LogP contribution in [-0.2, 0) is 6.54 Å². The first kappa shape index (κ1) is 8.27. The first-order chi connectivity index (χ1) is 6.42. The molecule has 0 radical (unpaired) electrons. The van der Waals surface area contributed by atoms with Crippen molar-refractivity contribution in [2.45, 2.75) is 6.54 Å². The van der Waals surface area contributed by atoms with Crippen LogP contribution in [0.3, 0.4) is 0 Å². The molecule has 0 aliphatic rings. The van der Waals surface area contributed by atoms with Gasteiger partial charge in [-0.3, -0.25) is 4.98 Å². The van der Waals surface area contributed by atoms with Crippen LogP contribution in [0.5, 0.6) is 0 Å². The maximum absolute atomic E-state index is 5.41. The Morgan fingerprint density at radius 3 is 3.15 bits per heavy atom. The van der Waals surface area contributed by atoms with E-state index >= 15 is 0 Å². The Morgan fingerprint density at radius 2 is 2.46 bits per heavy atom. The summed E-state index contributed by atoms with van der Waals surface area (Å²) in [5, 5.41) is 11.3. The normalized spacial score (nSPS) is 10.5. The summed E-state index contributed by atoms with van der Waals surface area (Å²) >= 11 is 1.51. The fourth-order valence-electron chi connectivity index (χ4n) is 0.980. The van der Waals surface area contributed by atoms with Crippen LogP contribution in [0.25, 0.3) is 10.7 Å². The zero-order valence-electron chi connectivity index (χ0n) is 6.79. The van der Waals surface area contributed by atoms with Crippen LogP contribution in [0.15, 0.2) is 11.7 Å². The molecule has 0 aromatic carbocycles. The summed E-state index contributed by atoms with van der Waals surface area (Å²) in [4.78, 5) is 4.91. The zero-order chi connectivity index (χ0) is 9.10. The molecule has 2 aromatic heterocycles. The molecule has 0 saturated heterocycles. The third-order valence-corrected chi connectivity index (χ3v) is 2.29. The van der Waals surface area contributed by atoms with Crippen molar-refractivity contribution in [2.24, 2.45) is 5.73 Å². The highest BCUT2D eigenvalue weighted by molar-refractivity contribution is 7.13. The molecule has 2 aromatic rings. The number of thiazole rings is 1. The molecule has 6 nitrogen and oxygen atoms in total. The van der Waals surface area contributed by atoms with E-state index in [0.29, 0.717) is 13.1 Å². The standard InChI is InChI=1S/C6H8N6S/c7-1-2-12-6(9-10-11-12)5-3-8-4-13-5/h3-4H,1-2,7H2. The Morgan fingerprint density at radius 1 is 1.54 bits per heavy atom. The van der Waals surface area contributed by atoms with Gasteiger partial charge in [0.2, 0.25) is 0 Å². The molecule has 0 unspecified atom stereocenters. The second-order valence-electron chi connectivity index (χ2n) is 2.38. The lowest BCUT2D eigenvalue weighted by molar-refractivity contribution is 0.603. The van der Waals surface area contributed by atoms with Crippen LogP contribution in [0.2, 0.25) is 0 Å². The first-order valence-electron chi connectivity index (χ1n) is 3.77. The summed E-state index contributed by atoms with van der Waals surface area (Å²) in [5.41, 5.74) is 7.16. The Hall–Kier alpha value is -1.34. The van der Waals surface area contributed by atoms with E-state index in [-0.39, 0.29) is 0 Å². The van der Waals surface area contributed by atoms with E-state index in [1.807, 2.05) is 0 Å². The second kappa shape index (κ2) is 3.58. The molecular formula is C6H8N6S. The van der Waals surface area contributed by atoms with Gasteiger partial charge in [0.1, 0.15) is 0 Å². The molecule has 13 heavy (non-hydrogen) atoms. The molecule has 7 heteroatoms. The van der Waals surface area contributed by atoms with Crippen molar-refractivity contribution in [3.8, 4) is 10.7 Å².